The van der Waals surface area contributed by atoms with Gasteiger partial charge in [0, 0.05) is 18.9 Å². The number of benzene rings is 1. The van der Waals surface area contributed by atoms with Gasteiger partial charge in [0.05, 0.1) is 0 Å². The SMILES string of the molecule is CCCn1ccnc1C(=O)C(C)(N)c1ccccc1. The van der Waals surface area contributed by atoms with Gasteiger partial charge in [-0.3, -0.25) is 4.79 Å². The number of aryl methyl sites for hydroxylation is 1. The first kappa shape index (κ1) is 13.5. The minimum absolute atomic E-state index is 0.155. The molecular formula is C15H19N3O. The number of carbonyl (C=O) groups is 1. The molecule has 0 aliphatic rings. The van der Waals surface area contributed by atoms with Crippen LogP contribution < -0.4 is 5.73 Å². The molecule has 2 rings (SSSR count). The van der Waals surface area contributed by atoms with Gasteiger partial charge in [0.1, 0.15) is 5.54 Å². The van der Waals surface area contributed by atoms with Crippen LogP contribution in [0.4, 0.5) is 0 Å². The van der Waals surface area contributed by atoms with E-state index in [9.17, 15) is 4.79 Å². The smallest absolute Gasteiger partial charge is 0.222 e. The van der Waals surface area contributed by atoms with Crippen LogP contribution in [0.2, 0.25) is 0 Å². The predicted molar refractivity (Wildman–Crippen MR) is 74.8 cm³/mol. The lowest BCUT2D eigenvalue weighted by molar-refractivity contribution is 0.0884. The Bertz CT molecular complexity index is 558. The van der Waals surface area contributed by atoms with E-state index in [-0.39, 0.29) is 5.78 Å². The third-order valence-electron chi connectivity index (χ3n) is 3.23. The molecule has 0 aliphatic heterocycles. The second-order valence-electron chi connectivity index (χ2n) is 4.84. The van der Waals surface area contributed by atoms with E-state index in [2.05, 4.69) is 11.9 Å². The lowest BCUT2D eigenvalue weighted by Gasteiger charge is -2.23. The molecule has 0 saturated carbocycles. The monoisotopic (exact) mass is 257 g/mol. The van der Waals surface area contributed by atoms with Gasteiger partial charge >= 0.3 is 0 Å². The van der Waals surface area contributed by atoms with E-state index in [4.69, 9.17) is 5.73 Å². The van der Waals surface area contributed by atoms with Crippen LogP contribution in [0.3, 0.4) is 0 Å². The van der Waals surface area contributed by atoms with Crippen LogP contribution >= 0.6 is 0 Å². The summed E-state index contributed by atoms with van der Waals surface area (Å²) >= 11 is 0. The molecule has 1 aromatic heterocycles. The average molecular weight is 257 g/mol. The number of nitrogens with two attached hydrogens (primary N) is 1. The maximum Gasteiger partial charge on any atom is 0.222 e. The first-order chi connectivity index (χ1) is 9.07. The van der Waals surface area contributed by atoms with Crippen molar-refractivity contribution in [2.45, 2.75) is 32.4 Å². The molecule has 0 aliphatic carbocycles. The van der Waals surface area contributed by atoms with Crippen LogP contribution in [-0.4, -0.2) is 15.3 Å². The molecule has 100 valence electrons. The van der Waals surface area contributed by atoms with Gasteiger partial charge in [-0.05, 0) is 18.9 Å². The fourth-order valence-electron chi connectivity index (χ4n) is 2.09. The summed E-state index contributed by atoms with van der Waals surface area (Å²) in [5.74, 6) is 0.271. The fraction of sp³-hybridized carbons (Fsp3) is 0.333. The largest absolute Gasteiger partial charge is 0.328 e. The van der Waals surface area contributed by atoms with E-state index in [0.717, 1.165) is 18.5 Å². The van der Waals surface area contributed by atoms with Crippen LogP contribution in [-0.2, 0) is 12.1 Å². The van der Waals surface area contributed by atoms with E-state index in [1.54, 1.807) is 13.1 Å². The Balaban J connectivity index is 2.35. The third-order valence-corrected chi connectivity index (χ3v) is 3.23. The molecule has 4 heteroatoms. The third kappa shape index (κ3) is 2.58. The van der Waals surface area contributed by atoms with E-state index in [1.165, 1.54) is 0 Å². The molecule has 2 N–H and O–H groups in total. The molecular weight excluding hydrogens is 238 g/mol. The van der Waals surface area contributed by atoms with Gasteiger partial charge in [-0.1, -0.05) is 37.3 Å². The molecule has 1 heterocycles. The van der Waals surface area contributed by atoms with Gasteiger partial charge in [0.2, 0.25) is 5.78 Å². The average Bonchev–Trinajstić information content (AvgIpc) is 2.87. The number of ketones is 1. The van der Waals surface area contributed by atoms with Gasteiger partial charge < -0.3 is 10.3 Å². The van der Waals surface area contributed by atoms with Crippen LogP contribution in [0.1, 0.15) is 36.5 Å². The molecule has 2 aromatic rings. The van der Waals surface area contributed by atoms with Crippen molar-refractivity contribution in [2.75, 3.05) is 0 Å². The quantitative estimate of drug-likeness (QED) is 0.836. The summed E-state index contributed by atoms with van der Waals surface area (Å²) in [6.07, 6.45) is 4.41. The van der Waals surface area contributed by atoms with E-state index in [0.29, 0.717) is 5.82 Å². The molecule has 0 bridgehead atoms. The van der Waals surface area contributed by atoms with Gasteiger partial charge in [-0.2, -0.15) is 0 Å². The molecule has 1 atom stereocenters. The second kappa shape index (κ2) is 5.36. The molecule has 0 amide bonds. The first-order valence-corrected chi connectivity index (χ1v) is 6.47. The summed E-state index contributed by atoms with van der Waals surface area (Å²) in [6, 6.07) is 9.40. The molecule has 4 nitrogen and oxygen atoms in total. The minimum Gasteiger partial charge on any atom is -0.328 e. The highest BCUT2D eigenvalue weighted by Gasteiger charge is 2.33. The van der Waals surface area contributed by atoms with Crippen molar-refractivity contribution in [3.63, 3.8) is 0 Å². The number of hydrogen-bond acceptors (Lipinski definition) is 3. The minimum atomic E-state index is -1.06. The van der Waals surface area contributed by atoms with Crippen LogP contribution in [0.25, 0.3) is 0 Å². The highest BCUT2D eigenvalue weighted by molar-refractivity contribution is 6.00. The van der Waals surface area contributed by atoms with Crippen molar-refractivity contribution in [3.8, 4) is 0 Å². The zero-order valence-corrected chi connectivity index (χ0v) is 11.3. The Hall–Kier alpha value is -1.94. The molecule has 19 heavy (non-hydrogen) atoms. The summed E-state index contributed by atoms with van der Waals surface area (Å²) in [4.78, 5) is 16.8. The number of aromatic nitrogens is 2. The van der Waals surface area contributed by atoms with Crippen molar-refractivity contribution in [3.05, 3.63) is 54.1 Å². The van der Waals surface area contributed by atoms with Crippen LogP contribution in [0.5, 0.6) is 0 Å². The topological polar surface area (TPSA) is 60.9 Å². The van der Waals surface area contributed by atoms with Crippen molar-refractivity contribution < 1.29 is 4.79 Å². The summed E-state index contributed by atoms with van der Waals surface area (Å²) in [5.41, 5.74) is 5.97. The Labute approximate surface area is 113 Å². The second-order valence-corrected chi connectivity index (χ2v) is 4.84. The number of carbonyl (C=O) groups excluding carboxylic acids is 1. The summed E-state index contributed by atoms with van der Waals surface area (Å²) < 4.78 is 1.86. The molecule has 1 unspecified atom stereocenters. The van der Waals surface area contributed by atoms with Gasteiger partial charge in [0.25, 0.3) is 0 Å². The van der Waals surface area contributed by atoms with Crippen molar-refractivity contribution in [2.24, 2.45) is 5.73 Å². The molecule has 0 saturated heterocycles. The van der Waals surface area contributed by atoms with E-state index >= 15 is 0 Å². The van der Waals surface area contributed by atoms with Crippen molar-refractivity contribution in [1.82, 2.24) is 9.55 Å². The number of rotatable bonds is 5. The summed E-state index contributed by atoms with van der Waals surface area (Å²) in [5, 5.41) is 0. The number of Topliss-reactive ketones (excluding diaryl/α,β-unsaturated/α-hetero) is 1. The highest BCUT2D eigenvalue weighted by atomic mass is 16.1. The Morgan fingerprint density at radius 3 is 2.68 bits per heavy atom. The Morgan fingerprint density at radius 1 is 1.37 bits per heavy atom. The standard InChI is InChI=1S/C15H19N3O/c1-3-10-18-11-9-17-14(18)13(19)15(2,16)12-7-5-4-6-8-12/h4-9,11H,3,10,16H2,1-2H3. The summed E-state index contributed by atoms with van der Waals surface area (Å²) in [7, 11) is 0. The maximum absolute atomic E-state index is 12.6. The first-order valence-electron chi connectivity index (χ1n) is 6.47. The van der Waals surface area contributed by atoms with E-state index < -0.39 is 5.54 Å². The van der Waals surface area contributed by atoms with Gasteiger partial charge in [-0.15, -0.1) is 0 Å². The van der Waals surface area contributed by atoms with Crippen molar-refractivity contribution in [1.29, 1.82) is 0 Å². The molecule has 0 fully saturated rings. The Kier molecular flexibility index (Phi) is 3.81. The number of imidazole rings is 1. The van der Waals surface area contributed by atoms with Gasteiger partial charge in [-0.25, -0.2) is 4.98 Å². The molecule has 0 spiro atoms. The fourth-order valence-corrected chi connectivity index (χ4v) is 2.09. The maximum atomic E-state index is 12.6. The van der Waals surface area contributed by atoms with E-state index in [1.807, 2.05) is 41.1 Å². The zero-order chi connectivity index (χ0) is 13.9. The van der Waals surface area contributed by atoms with Crippen LogP contribution in [0, 0.1) is 0 Å². The van der Waals surface area contributed by atoms with Crippen LogP contribution in [0.15, 0.2) is 42.7 Å². The van der Waals surface area contributed by atoms with Crippen molar-refractivity contribution >= 4 is 5.78 Å². The predicted octanol–water partition coefficient (Wildman–Crippen LogP) is 2.35. The lowest BCUT2D eigenvalue weighted by Crippen LogP contribution is -2.43. The lowest BCUT2D eigenvalue weighted by atomic mass is 9.88. The molecule has 0 radical (unpaired) electrons. The number of hydrogen-bond donors (Lipinski definition) is 1. The normalized spacial score (nSPS) is 14.1. The molecule has 1 aromatic carbocycles. The summed E-state index contributed by atoms with van der Waals surface area (Å²) in [6.45, 7) is 4.56. The Morgan fingerprint density at radius 2 is 2.05 bits per heavy atom. The highest BCUT2D eigenvalue weighted by Crippen LogP contribution is 2.22. The number of nitrogens with zero attached hydrogens (tertiary/aromatic N) is 2. The zero-order valence-electron chi connectivity index (χ0n) is 11.3. The van der Waals surface area contributed by atoms with Gasteiger partial charge in [0.15, 0.2) is 5.82 Å².